The van der Waals surface area contributed by atoms with Crippen molar-refractivity contribution in [2.45, 2.75) is 13.0 Å². The van der Waals surface area contributed by atoms with Crippen molar-refractivity contribution in [1.29, 1.82) is 0 Å². The minimum Gasteiger partial charge on any atom is -0.455 e. The lowest BCUT2D eigenvalue weighted by Crippen LogP contribution is -2.09. The van der Waals surface area contributed by atoms with E-state index in [1.807, 2.05) is 0 Å². The summed E-state index contributed by atoms with van der Waals surface area (Å²) in [5.74, 6) is -0.766. The molecule has 0 saturated heterocycles. The molecule has 0 unspecified atom stereocenters. The van der Waals surface area contributed by atoms with Gasteiger partial charge in [0.15, 0.2) is 6.61 Å². The molecule has 0 spiro atoms. The molecule has 0 saturated carbocycles. The number of nitro groups is 1. The second kappa shape index (κ2) is 7.51. The van der Waals surface area contributed by atoms with Gasteiger partial charge in [-0.3, -0.25) is 14.9 Å². The fourth-order valence-corrected chi connectivity index (χ4v) is 2.22. The number of para-hydroxylation sites is 1. The van der Waals surface area contributed by atoms with Gasteiger partial charge < -0.3 is 9.26 Å². The molecule has 26 heavy (non-hydrogen) atoms. The van der Waals surface area contributed by atoms with Crippen LogP contribution in [0.2, 0.25) is 0 Å². The Kier molecular flexibility index (Phi) is 4.97. The van der Waals surface area contributed by atoms with E-state index in [0.29, 0.717) is 5.56 Å². The predicted molar refractivity (Wildman–Crippen MR) is 86.3 cm³/mol. The van der Waals surface area contributed by atoms with Gasteiger partial charge in [-0.05, 0) is 24.3 Å². The molecule has 0 atom stereocenters. The minimum absolute atomic E-state index is 0.0558. The quantitative estimate of drug-likeness (QED) is 0.379. The standard InChI is InChI=1S/C17H12FN3O5/c18-13-7-5-11(6-8-13)17-19-15(26-20-17)10-25-16(22)9-12-3-1-2-4-14(12)21(23)24/h1-8H,9-10H2. The van der Waals surface area contributed by atoms with Gasteiger partial charge in [-0.1, -0.05) is 23.4 Å². The van der Waals surface area contributed by atoms with Crippen molar-refractivity contribution in [2.75, 3.05) is 0 Å². The van der Waals surface area contributed by atoms with Gasteiger partial charge in [0, 0.05) is 17.2 Å². The van der Waals surface area contributed by atoms with E-state index in [0.717, 1.165) is 0 Å². The highest BCUT2D eigenvalue weighted by Gasteiger charge is 2.17. The second-order valence-electron chi connectivity index (χ2n) is 5.24. The zero-order valence-corrected chi connectivity index (χ0v) is 13.3. The Bertz CT molecular complexity index is 940. The van der Waals surface area contributed by atoms with Crippen molar-refractivity contribution >= 4 is 11.7 Å². The summed E-state index contributed by atoms with van der Waals surface area (Å²) < 4.78 is 22.9. The van der Waals surface area contributed by atoms with Crippen LogP contribution in [-0.4, -0.2) is 21.0 Å². The third kappa shape index (κ3) is 4.07. The Morgan fingerprint density at radius 2 is 1.92 bits per heavy atom. The monoisotopic (exact) mass is 357 g/mol. The summed E-state index contributed by atoms with van der Waals surface area (Å²) in [7, 11) is 0. The van der Waals surface area contributed by atoms with E-state index in [1.165, 1.54) is 42.5 Å². The first-order chi connectivity index (χ1) is 12.5. The SMILES string of the molecule is O=C(Cc1ccccc1[N+](=O)[O-])OCc1nc(-c2ccc(F)cc2)no1. The molecule has 0 aliphatic heterocycles. The van der Waals surface area contributed by atoms with Gasteiger partial charge in [0.05, 0.1) is 11.3 Å². The molecule has 132 valence electrons. The van der Waals surface area contributed by atoms with Crippen molar-refractivity contribution in [3.05, 3.63) is 75.9 Å². The number of hydrogen-bond acceptors (Lipinski definition) is 7. The Balaban J connectivity index is 1.60. The van der Waals surface area contributed by atoms with E-state index in [2.05, 4.69) is 10.1 Å². The van der Waals surface area contributed by atoms with Gasteiger partial charge in [-0.15, -0.1) is 0 Å². The van der Waals surface area contributed by atoms with Crippen LogP contribution >= 0.6 is 0 Å². The largest absolute Gasteiger partial charge is 0.455 e. The number of nitrogens with zero attached hydrogens (tertiary/aromatic N) is 3. The van der Waals surface area contributed by atoms with Crippen molar-refractivity contribution in [1.82, 2.24) is 10.1 Å². The van der Waals surface area contributed by atoms with Crippen molar-refractivity contribution in [3.63, 3.8) is 0 Å². The molecule has 2 aromatic carbocycles. The summed E-state index contributed by atoms with van der Waals surface area (Å²) in [6.07, 6.45) is -0.254. The molecule has 3 aromatic rings. The lowest BCUT2D eigenvalue weighted by molar-refractivity contribution is -0.385. The topological polar surface area (TPSA) is 108 Å². The molecule has 0 aliphatic carbocycles. The molecule has 0 fully saturated rings. The van der Waals surface area contributed by atoms with Gasteiger partial charge in [0.1, 0.15) is 5.82 Å². The third-order valence-electron chi connectivity index (χ3n) is 3.45. The van der Waals surface area contributed by atoms with Gasteiger partial charge in [0.2, 0.25) is 5.82 Å². The second-order valence-corrected chi connectivity index (χ2v) is 5.24. The number of nitro benzene ring substituents is 1. The van der Waals surface area contributed by atoms with Crippen LogP contribution < -0.4 is 0 Å². The van der Waals surface area contributed by atoms with E-state index < -0.39 is 10.9 Å². The van der Waals surface area contributed by atoms with Crippen LogP contribution in [0.3, 0.4) is 0 Å². The zero-order chi connectivity index (χ0) is 18.5. The summed E-state index contributed by atoms with van der Waals surface area (Å²) in [5, 5.41) is 14.7. The lowest BCUT2D eigenvalue weighted by atomic mass is 10.1. The number of halogens is 1. The molecule has 1 heterocycles. The molecule has 0 aliphatic rings. The van der Waals surface area contributed by atoms with Crippen LogP contribution in [0.15, 0.2) is 53.1 Å². The average molecular weight is 357 g/mol. The van der Waals surface area contributed by atoms with Crippen LogP contribution in [0.1, 0.15) is 11.5 Å². The molecule has 0 N–H and O–H groups in total. The summed E-state index contributed by atoms with van der Waals surface area (Å²) >= 11 is 0. The molecule has 0 amide bonds. The molecule has 3 rings (SSSR count). The first-order valence-corrected chi connectivity index (χ1v) is 7.49. The maximum atomic E-state index is 12.9. The molecule has 0 bridgehead atoms. The highest BCUT2D eigenvalue weighted by Crippen LogP contribution is 2.19. The minimum atomic E-state index is -0.666. The van der Waals surface area contributed by atoms with E-state index >= 15 is 0 Å². The normalized spacial score (nSPS) is 10.5. The highest BCUT2D eigenvalue weighted by atomic mass is 19.1. The maximum absolute atomic E-state index is 12.9. The first kappa shape index (κ1) is 17.2. The summed E-state index contributed by atoms with van der Waals surface area (Å²) in [6, 6.07) is 11.4. The Hall–Kier alpha value is -3.62. The Morgan fingerprint density at radius 1 is 1.19 bits per heavy atom. The first-order valence-electron chi connectivity index (χ1n) is 7.49. The van der Waals surface area contributed by atoms with E-state index in [4.69, 9.17) is 9.26 Å². The fraction of sp³-hybridized carbons (Fsp3) is 0.118. The van der Waals surface area contributed by atoms with Crippen LogP contribution in [-0.2, 0) is 22.6 Å². The zero-order valence-electron chi connectivity index (χ0n) is 13.3. The van der Waals surface area contributed by atoms with Crippen molar-refractivity contribution in [2.24, 2.45) is 0 Å². The molecule has 0 radical (unpaired) electrons. The molecular weight excluding hydrogens is 345 g/mol. The van der Waals surface area contributed by atoms with Crippen LogP contribution in [0.4, 0.5) is 10.1 Å². The number of benzene rings is 2. The molecular formula is C17H12FN3O5. The Labute approximate surface area is 146 Å². The van der Waals surface area contributed by atoms with E-state index in [9.17, 15) is 19.3 Å². The average Bonchev–Trinajstić information content (AvgIpc) is 3.10. The summed E-state index contributed by atoms with van der Waals surface area (Å²) in [6.45, 7) is -0.270. The van der Waals surface area contributed by atoms with Crippen molar-refractivity contribution < 1.29 is 23.4 Å². The molecule has 9 heteroatoms. The van der Waals surface area contributed by atoms with Gasteiger partial charge in [-0.25, -0.2) is 4.39 Å². The number of rotatable bonds is 6. The van der Waals surface area contributed by atoms with Crippen LogP contribution in [0.5, 0.6) is 0 Å². The fourth-order valence-electron chi connectivity index (χ4n) is 2.22. The molecule has 1 aromatic heterocycles. The van der Waals surface area contributed by atoms with E-state index in [1.54, 1.807) is 6.07 Å². The third-order valence-corrected chi connectivity index (χ3v) is 3.45. The van der Waals surface area contributed by atoms with Crippen molar-refractivity contribution in [3.8, 4) is 11.4 Å². The number of carbonyl (C=O) groups excluding carboxylic acids is 1. The number of aromatic nitrogens is 2. The number of hydrogen-bond donors (Lipinski definition) is 0. The predicted octanol–water partition coefficient (Wildman–Crippen LogP) is 3.07. The Morgan fingerprint density at radius 3 is 2.65 bits per heavy atom. The van der Waals surface area contributed by atoms with Gasteiger partial charge in [-0.2, -0.15) is 4.98 Å². The smallest absolute Gasteiger partial charge is 0.311 e. The van der Waals surface area contributed by atoms with Gasteiger partial charge in [0.25, 0.3) is 11.6 Å². The van der Waals surface area contributed by atoms with Crippen LogP contribution in [0.25, 0.3) is 11.4 Å². The summed E-state index contributed by atoms with van der Waals surface area (Å²) in [4.78, 5) is 26.3. The maximum Gasteiger partial charge on any atom is 0.311 e. The summed E-state index contributed by atoms with van der Waals surface area (Å²) in [5.41, 5.74) is 0.647. The number of esters is 1. The number of carbonyl (C=O) groups is 1. The molecule has 8 nitrogen and oxygen atoms in total. The number of ether oxygens (including phenoxy) is 1. The van der Waals surface area contributed by atoms with E-state index in [-0.39, 0.29) is 41.8 Å². The van der Waals surface area contributed by atoms with Crippen LogP contribution in [0, 0.1) is 15.9 Å². The highest BCUT2D eigenvalue weighted by molar-refractivity contribution is 5.74. The van der Waals surface area contributed by atoms with Gasteiger partial charge >= 0.3 is 5.97 Å². The lowest BCUT2D eigenvalue weighted by Gasteiger charge is -2.03.